The van der Waals surface area contributed by atoms with Crippen molar-refractivity contribution in [2.24, 2.45) is 0 Å². The minimum absolute atomic E-state index is 0.189. The molecular weight excluding hydrogens is 492 g/mol. The summed E-state index contributed by atoms with van der Waals surface area (Å²) in [7, 11) is 1.62. The third-order valence-corrected chi connectivity index (χ3v) is 7.01. The molecule has 1 saturated heterocycles. The number of aromatic nitrogens is 2. The Morgan fingerprint density at radius 2 is 1.72 bits per heavy atom. The van der Waals surface area contributed by atoms with Crippen LogP contribution in [0.5, 0.6) is 11.5 Å². The predicted molar refractivity (Wildman–Crippen MR) is 151 cm³/mol. The minimum atomic E-state index is -0.189. The van der Waals surface area contributed by atoms with Crippen LogP contribution in [-0.2, 0) is 0 Å². The van der Waals surface area contributed by atoms with E-state index in [0.29, 0.717) is 41.1 Å². The van der Waals surface area contributed by atoms with Gasteiger partial charge in [-0.05, 0) is 79.9 Å². The highest BCUT2D eigenvalue weighted by molar-refractivity contribution is 6.04. The van der Waals surface area contributed by atoms with Crippen molar-refractivity contribution in [3.63, 3.8) is 0 Å². The average molecular weight is 527 g/mol. The van der Waals surface area contributed by atoms with Crippen molar-refractivity contribution in [2.45, 2.75) is 33.1 Å². The van der Waals surface area contributed by atoms with Crippen LogP contribution in [0.1, 0.15) is 41.1 Å². The summed E-state index contributed by atoms with van der Waals surface area (Å²) in [5, 5.41) is 6.98. The van der Waals surface area contributed by atoms with Gasteiger partial charge in [0.15, 0.2) is 11.5 Å². The Kier molecular flexibility index (Phi) is 8.22. The molecule has 1 aliphatic rings. The number of amides is 1. The van der Waals surface area contributed by atoms with Gasteiger partial charge in [0.1, 0.15) is 6.61 Å². The summed E-state index contributed by atoms with van der Waals surface area (Å²) in [5.41, 5.74) is 5.30. The second-order valence-electron chi connectivity index (χ2n) is 9.81. The smallest absolute Gasteiger partial charge is 0.255 e. The number of carbonyl (C=O) groups is 1. The van der Waals surface area contributed by atoms with Gasteiger partial charge in [0.05, 0.1) is 7.11 Å². The van der Waals surface area contributed by atoms with Gasteiger partial charge in [-0.25, -0.2) is 0 Å². The molecule has 0 aliphatic carbocycles. The Hall–Kier alpha value is -4.17. The van der Waals surface area contributed by atoms with Crippen molar-refractivity contribution in [1.82, 2.24) is 15.0 Å². The Morgan fingerprint density at radius 3 is 2.41 bits per heavy atom. The Balaban J connectivity index is 1.23. The van der Waals surface area contributed by atoms with E-state index < -0.39 is 0 Å². The molecule has 5 rings (SSSR count). The van der Waals surface area contributed by atoms with Gasteiger partial charge in [-0.2, -0.15) is 4.98 Å². The third-order valence-electron chi connectivity index (χ3n) is 7.01. The molecule has 0 saturated carbocycles. The van der Waals surface area contributed by atoms with Crippen LogP contribution in [0.3, 0.4) is 0 Å². The maximum atomic E-state index is 13.0. The second kappa shape index (κ2) is 12.1. The van der Waals surface area contributed by atoms with Gasteiger partial charge < -0.3 is 19.3 Å². The molecule has 3 aromatic carbocycles. The van der Waals surface area contributed by atoms with E-state index in [4.69, 9.17) is 14.0 Å². The quantitative estimate of drug-likeness (QED) is 0.280. The maximum absolute atomic E-state index is 13.0. The standard InChI is InChI=1S/C31H34N4O4/c1-21-19-25(30-32-22(2)39-34-30)11-13-27(21)23-7-9-24(10-8-23)31(36)33-26-12-14-28(37-3)29(20-26)38-18-17-35-15-5-4-6-16-35/h7-14,19-20H,4-6,15-18H2,1-3H3,(H,33,36). The molecule has 0 unspecified atom stereocenters. The van der Waals surface area contributed by atoms with Crippen molar-refractivity contribution in [3.05, 3.63) is 77.7 Å². The van der Waals surface area contributed by atoms with E-state index in [1.807, 2.05) is 67.6 Å². The zero-order chi connectivity index (χ0) is 27.2. The molecule has 1 aromatic heterocycles. The highest BCUT2D eigenvalue weighted by atomic mass is 16.5. The fourth-order valence-corrected chi connectivity index (χ4v) is 4.88. The van der Waals surface area contributed by atoms with Gasteiger partial charge in [-0.3, -0.25) is 9.69 Å². The molecule has 0 spiro atoms. The fraction of sp³-hybridized carbons (Fsp3) is 0.323. The Bertz CT molecular complexity index is 1430. The van der Waals surface area contributed by atoms with Gasteiger partial charge >= 0.3 is 0 Å². The SMILES string of the molecule is COc1ccc(NC(=O)c2ccc(-c3ccc(-c4noc(C)n4)cc3C)cc2)cc1OCCN1CCCCC1. The first-order valence-corrected chi connectivity index (χ1v) is 13.4. The first kappa shape index (κ1) is 26.4. The lowest BCUT2D eigenvalue weighted by atomic mass is 9.97. The molecule has 0 atom stereocenters. The number of hydrogen-bond acceptors (Lipinski definition) is 7. The van der Waals surface area contributed by atoms with Crippen LogP contribution in [0.2, 0.25) is 0 Å². The molecule has 0 bridgehead atoms. The van der Waals surface area contributed by atoms with Gasteiger partial charge in [-0.1, -0.05) is 35.8 Å². The molecule has 1 N–H and O–H groups in total. The van der Waals surface area contributed by atoms with Crippen LogP contribution in [-0.4, -0.2) is 54.3 Å². The summed E-state index contributed by atoms with van der Waals surface area (Å²) < 4.78 is 16.6. The number of likely N-dealkylation sites (tertiary alicyclic amines) is 1. The van der Waals surface area contributed by atoms with Crippen LogP contribution in [0.25, 0.3) is 22.5 Å². The summed E-state index contributed by atoms with van der Waals surface area (Å²) >= 11 is 0. The molecule has 1 fully saturated rings. The largest absolute Gasteiger partial charge is 0.493 e. The number of nitrogens with one attached hydrogen (secondary N) is 1. The number of nitrogens with zero attached hydrogens (tertiary/aromatic N) is 3. The van der Waals surface area contributed by atoms with Crippen molar-refractivity contribution < 1.29 is 18.8 Å². The molecule has 8 heteroatoms. The second-order valence-corrected chi connectivity index (χ2v) is 9.81. The van der Waals surface area contributed by atoms with E-state index in [1.54, 1.807) is 14.0 Å². The monoisotopic (exact) mass is 526 g/mol. The zero-order valence-corrected chi connectivity index (χ0v) is 22.7. The summed E-state index contributed by atoms with van der Waals surface area (Å²) in [6, 6.07) is 19.1. The number of ether oxygens (including phenoxy) is 2. The number of rotatable bonds is 9. The number of methoxy groups -OCH3 is 1. The minimum Gasteiger partial charge on any atom is -0.493 e. The first-order valence-electron chi connectivity index (χ1n) is 13.4. The predicted octanol–water partition coefficient (Wildman–Crippen LogP) is 6.15. The van der Waals surface area contributed by atoms with Crippen molar-refractivity contribution >= 4 is 11.6 Å². The third kappa shape index (κ3) is 6.46. The normalized spacial score (nSPS) is 13.7. The topological polar surface area (TPSA) is 89.7 Å². The fourth-order valence-electron chi connectivity index (χ4n) is 4.88. The zero-order valence-electron chi connectivity index (χ0n) is 22.7. The van der Waals surface area contributed by atoms with Crippen LogP contribution >= 0.6 is 0 Å². The van der Waals surface area contributed by atoms with Gasteiger partial charge in [0, 0.05) is 36.3 Å². The van der Waals surface area contributed by atoms with Crippen molar-refractivity contribution in [1.29, 1.82) is 0 Å². The molecule has 1 aliphatic heterocycles. The average Bonchev–Trinajstić information content (AvgIpc) is 3.40. The highest BCUT2D eigenvalue weighted by Crippen LogP contribution is 2.31. The lowest BCUT2D eigenvalue weighted by molar-refractivity contribution is 0.102. The molecule has 39 heavy (non-hydrogen) atoms. The lowest BCUT2D eigenvalue weighted by Gasteiger charge is -2.26. The Morgan fingerprint density at radius 1 is 0.949 bits per heavy atom. The van der Waals surface area contributed by atoms with E-state index in [-0.39, 0.29) is 5.91 Å². The number of benzene rings is 3. The van der Waals surface area contributed by atoms with Crippen LogP contribution in [0.4, 0.5) is 5.69 Å². The number of piperidine rings is 1. The van der Waals surface area contributed by atoms with Crippen LogP contribution in [0.15, 0.2) is 65.2 Å². The first-order chi connectivity index (χ1) is 19.0. The summed E-state index contributed by atoms with van der Waals surface area (Å²) in [6.45, 7) is 7.52. The van der Waals surface area contributed by atoms with E-state index in [9.17, 15) is 4.79 Å². The van der Waals surface area contributed by atoms with Crippen LogP contribution in [0, 0.1) is 13.8 Å². The van der Waals surface area contributed by atoms with Gasteiger partial charge in [0.25, 0.3) is 5.91 Å². The van der Waals surface area contributed by atoms with Gasteiger partial charge in [0.2, 0.25) is 11.7 Å². The molecule has 2 heterocycles. The number of hydrogen-bond donors (Lipinski definition) is 1. The molecule has 0 radical (unpaired) electrons. The number of aryl methyl sites for hydroxylation is 2. The summed E-state index contributed by atoms with van der Waals surface area (Å²) in [5.74, 6) is 2.19. The van der Waals surface area contributed by atoms with Crippen molar-refractivity contribution in [3.8, 4) is 34.0 Å². The number of carbonyl (C=O) groups excluding carboxylic acids is 1. The Labute approximate surface area is 228 Å². The van der Waals surface area contributed by atoms with E-state index in [0.717, 1.165) is 41.9 Å². The van der Waals surface area contributed by atoms with E-state index >= 15 is 0 Å². The molecule has 1 amide bonds. The molecular formula is C31H34N4O4. The molecule has 202 valence electrons. The highest BCUT2D eigenvalue weighted by Gasteiger charge is 2.14. The van der Waals surface area contributed by atoms with E-state index in [2.05, 4.69) is 20.4 Å². The van der Waals surface area contributed by atoms with Crippen LogP contribution < -0.4 is 14.8 Å². The van der Waals surface area contributed by atoms with Gasteiger partial charge in [-0.15, -0.1) is 0 Å². The summed E-state index contributed by atoms with van der Waals surface area (Å²) in [4.78, 5) is 19.7. The molecule has 8 nitrogen and oxygen atoms in total. The van der Waals surface area contributed by atoms with Crippen molar-refractivity contribution in [2.75, 3.05) is 38.7 Å². The lowest BCUT2D eigenvalue weighted by Crippen LogP contribution is -2.33. The number of anilines is 1. The van der Waals surface area contributed by atoms with E-state index in [1.165, 1.54) is 19.3 Å². The maximum Gasteiger partial charge on any atom is 0.255 e. The summed E-state index contributed by atoms with van der Waals surface area (Å²) in [6.07, 6.45) is 3.81. The molecule has 4 aromatic rings.